The van der Waals surface area contributed by atoms with E-state index in [0.29, 0.717) is 11.0 Å². The first-order chi connectivity index (χ1) is 9.11. The quantitative estimate of drug-likeness (QED) is 0.461. The molecule has 1 unspecified atom stereocenters. The summed E-state index contributed by atoms with van der Waals surface area (Å²) in [5.41, 5.74) is 0.785. The first-order valence-electron chi connectivity index (χ1n) is 5.82. The van der Waals surface area contributed by atoms with Gasteiger partial charge >= 0.3 is 5.97 Å². The Morgan fingerprint density at radius 3 is 3.05 bits per heavy atom. The zero-order chi connectivity index (χ0) is 13.6. The van der Waals surface area contributed by atoms with Gasteiger partial charge in [0.15, 0.2) is 0 Å². The lowest BCUT2D eigenvalue weighted by molar-refractivity contribution is -0.384. The van der Waals surface area contributed by atoms with E-state index >= 15 is 0 Å². The fourth-order valence-electron chi connectivity index (χ4n) is 2.19. The van der Waals surface area contributed by atoms with E-state index in [9.17, 15) is 14.9 Å². The molecule has 8 nitrogen and oxygen atoms in total. The fraction of sp³-hybridized carbons (Fsp3) is 0.364. The molecular formula is C11H10N4O4. The second-order valence-electron chi connectivity index (χ2n) is 4.31. The van der Waals surface area contributed by atoms with E-state index in [-0.39, 0.29) is 23.9 Å². The number of nitro groups is 1. The largest absolute Gasteiger partial charge is 0.460 e. The predicted octanol–water partition coefficient (Wildman–Crippen LogP) is 1.46. The molecule has 2 heterocycles. The molecule has 1 aliphatic heterocycles. The highest BCUT2D eigenvalue weighted by Crippen LogP contribution is 2.29. The van der Waals surface area contributed by atoms with Gasteiger partial charge in [-0.3, -0.25) is 10.1 Å². The van der Waals surface area contributed by atoms with Gasteiger partial charge in [-0.05, 0) is 6.42 Å². The van der Waals surface area contributed by atoms with E-state index in [0.717, 1.165) is 6.42 Å². The Hall–Kier alpha value is -2.51. The van der Waals surface area contributed by atoms with Crippen LogP contribution in [-0.4, -0.2) is 32.5 Å². The fourth-order valence-corrected chi connectivity index (χ4v) is 2.19. The average molecular weight is 262 g/mol. The van der Waals surface area contributed by atoms with Crippen LogP contribution in [0, 0.1) is 10.1 Å². The van der Waals surface area contributed by atoms with Gasteiger partial charge in [0.25, 0.3) is 5.69 Å². The van der Waals surface area contributed by atoms with E-state index in [1.54, 1.807) is 4.68 Å². The SMILES string of the molecule is CCC1COC(=O)c2cc([N+](=O)[O-])cc3nnn1c23. The van der Waals surface area contributed by atoms with E-state index in [1.165, 1.54) is 12.1 Å². The van der Waals surface area contributed by atoms with E-state index in [4.69, 9.17) is 4.74 Å². The topological polar surface area (TPSA) is 100 Å². The summed E-state index contributed by atoms with van der Waals surface area (Å²) in [5.74, 6) is -0.576. The van der Waals surface area contributed by atoms with Crippen molar-refractivity contribution < 1.29 is 14.5 Å². The van der Waals surface area contributed by atoms with Crippen molar-refractivity contribution in [2.24, 2.45) is 0 Å². The summed E-state index contributed by atoms with van der Waals surface area (Å²) in [6.45, 7) is 2.14. The number of carbonyl (C=O) groups is 1. The number of hydrogen-bond acceptors (Lipinski definition) is 6. The highest BCUT2D eigenvalue weighted by molar-refractivity contribution is 6.03. The average Bonchev–Trinajstić information content (AvgIpc) is 2.76. The van der Waals surface area contributed by atoms with Crippen LogP contribution in [0.15, 0.2) is 12.1 Å². The van der Waals surface area contributed by atoms with Gasteiger partial charge in [-0.15, -0.1) is 5.10 Å². The number of nitrogens with zero attached hydrogens (tertiary/aromatic N) is 4. The Kier molecular flexibility index (Phi) is 2.44. The van der Waals surface area contributed by atoms with Crippen LogP contribution >= 0.6 is 0 Å². The van der Waals surface area contributed by atoms with Crippen LogP contribution in [0.5, 0.6) is 0 Å². The van der Waals surface area contributed by atoms with Crippen molar-refractivity contribution in [1.82, 2.24) is 15.0 Å². The molecule has 0 bridgehead atoms. The van der Waals surface area contributed by atoms with E-state index in [2.05, 4.69) is 10.3 Å². The Labute approximate surface area is 107 Å². The molecule has 8 heteroatoms. The predicted molar refractivity (Wildman–Crippen MR) is 63.8 cm³/mol. The number of esters is 1. The number of aromatic nitrogens is 3. The Balaban J connectivity index is 2.34. The van der Waals surface area contributed by atoms with Crippen molar-refractivity contribution in [2.45, 2.75) is 19.4 Å². The minimum Gasteiger partial charge on any atom is -0.460 e. The number of carbonyl (C=O) groups excluding carboxylic acids is 1. The summed E-state index contributed by atoms with van der Waals surface area (Å²) in [5, 5.41) is 18.7. The molecule has 1 aromatic carbocycles. The molecule has 98 valence electrons. The van der Waals surface area contributed by atoms with Crippen LogP contribution in [0.2, 0.25) is 0 Å². The molecule has 0 saturated heterocycles. The van der Waals surface area contributed by atoms with Crippen LogP contribution in [0.25, 0.3) is 11.0 Å². The van der Waals surface area contributed by atoms with Crippen molar-refractivity contribution in [1.29, 1.82) is 0 Å². The first kappa shape index (κ1) is 11.6. The second-order valence-corrected chi connectivity index (χ2v) is 4.31. The maximum Gasteiger partial charge on any atom is 0.340 e. The molecule has 0 aliphatic carbocycles. The van der Waals surface area contributed by atoms with E-state index in [1.807, 2.05) is 6.92 Å². The Bertz CT molecular complexity index is 693. The summed E-state index contributed by atoms with van der Waals surface area (Å²) >= 11 is 0. The molecule has 1 aliphatic rings. The van der Waals surface area contributed by atoms with Crippen LogP contribution in [0.4, 0.5) is 5.69 Å². The van der Waals surface area contributed by atoms with Crippen molar-refractivity contribution in [2.75, 3.05) is 6.61 Å². The second kappa shape index (κ2) is 4.01. The summed E-state index contributed by atoms with van der Waals surface area (Å²) < 4.78 is 6.73. The van der Waals surface area contributed by atoms with Crippen molar-refractivity contribution in [3.63, 3.8) is 0 Å². The number of cyclic esters (lactones) is 1. The normalized spacial score (nSPS) is 18.2. The Morgan fingerprint density at radius 2 is 2.37 bits per heavy atom. The highest BCUT2D eigenvalue weighted by atomic mass is 16.6. The van der Waals surface area contributed by atoms with Gasteiger partial charge in [0.1, 0.15) is 17.6 Å². The number of nitro benzene ring substituents is 1. The number of hydrogen-bond donors (Lipinski definition) is 0. The van der Waals surface area contributed by atoms with Gasteiger partial charge in [-0.1, -0.05) is 12.1 Å². The van der Waals surface area contributed by atoms with Crippen molar-refractivity contribution >= 4 is 22.7 Å². The smallest absolute Gasteiger partial charge is 0.340 e. The lowest BCUT2D eigenvalue weighted by Crippen LogP contribution is -2.14. The lowest BCUT2D eigenvalue weighted by atomic mass is 10.1. The molecule has 0 radical (unpaired) electrons. The monoisotopic (exact) mass is 262 g/mol. The molecule has 3 rings (SSSR count). The van der Waals surface area contributed by atoms with Crippen LogP contribution in [-0.2, 0) is 4.74 Å². The molecule has 0 spiro atoms. The lowest BCUT2D eigenvalue weighted by Gasteiger charge is -2.11. The molecule has 19 heavy (non-hydrogen) atoms. The van der Waals surface area contributed by atoms with Crippen LogP contribution in [0.1, 0.15) is 29.7 Å². The highest BCUT2D eigenvalue weighted by Gasteiger charge is 2.28. The summed E-state index contributed by atoms with van der Waals surface area (Å²) in [6.07, 6.45) is 0.724. The molecule has 0 fully saturated rings. The molecule has 0 amide bonds. The zero-order valence-electron chi connectivity index (χ0n) is 10.1. The number of ether oxygens (including phenoxy) is 1. The van der Waals surface area contributed by atoms with Gasteiger partial charge in [0.05, 0.1) is 16.5 Å². The Morgan fingerprint density at radius 1 is 1.58 bits per heavy atom. The molecule has 1 atom stereocenters. The third-order valence-corrected chi connectivity index (χ3v) is 3.21. The summed E-state index contributed by atoms with van der Waals surface area (Å²) in [7, 11) is 0. The third kappa shape index (κ3) is 1.64. The third-order valence-electron chi connectivity index (χ3n) is 3.21. The molecule has 0 N–H and O–H groups in total. The molecule has 1 aromatic heterocycles. The molecule has 2 aromatic rings. The van der Waals surface area contributed by atoms with Gasteiger partial charge in [-0.2, -0.15) is 0 Å². The molecule has 0 saturated carbocycles. The van der Waals surface area contributed by atoms with Crippen LogP contribution in [0.3, 0.4) is 0 Å². The van der Waals surface area contributed by atoms with Gasteiger partial charge in [0.2, 0.25) is 0 Å². The van der Waals surface area contributed by atoms with Crippen LogP contribution < -0.4 is 0 Å². The minimum absolute atomic E-state index is 0.100. The summed E-state index contributed by atoms with van der Waals surface area (Å²) in [6, 6.07) is 2.42. The standard InChI is InChI=1S/C11H10N4O4/c1-2-6-5-19-11(16)8-3-7(15(17)18)4-9-10(8)14(6)13-12-9/h3-4,6H,2,5H2,1H3. The first-order valence-corrected chi connectivity index (χ1v) is 5.82. The molecular weight excluding hydrogens is 252 g/mol. The maximum absolute atomic E-state index is 11.9. The maximum atomic E-state index is 11.9. The number of benzene rings is 1. The van der Waals surface area contributed by atoms with E-state index < -0.39 is 10.9 Å². The van der Waals surface area contributed by atoms with Crippen molar-refractivity contribution in [3.05, 3.63) is 27.8 Å². The summed E-state index contributed by atoms with van der Waals surface area (Å²) in [4.78, 5) is 22.2. The number of rotatable bonds is 2. The van der Waals surface area contributed by atoms with Gasteiger partial charge in [-0.25, -0.2) is 9.48 Å². The zero-order valence-corrected chi connectivity index (χ0v) is 10.1. The van der Waals surface area contributed by atoms with Gasteiger partial charge in [0, 0.05) is 12.1 Å². The van der Waals surface area contributed by atoms with Gasteiger partial charge < -0.3 is 4.74 Å². The van der Waals surface area contributed by atoms with Crippen molar-refractivity contribution in [3.8, 4) is 0 Å². The number of non-ortho nitro benzene ring substituents is 1. The minimum atomic E-state index is -0.576.